The van der Waals surface area contributed by atoms with Crippen molar-refractivity contribution in [1.82, 2.24) is 0 Å². The molecule has 2 aliphatic rings. The largest absolute Gasteiger partial charge is 0.507 e. The third-order valence-corrected chi connectivity index (χ3v) is 12.8. The van der Waals surface area contributed by atoms with Crippen molar-refractivity contribution >= 4 is 34.0 Å². The molecule has 20 nitrogen and oxygen atoms in total. The lowest BCUT2D eigenvalue weighted by molar-refractivity contribution is -0.0573. The van der Waals surface area contributed by atoms with E-state index in [9.17, 15) is 30.6 Å². The van der Waals surface area contributed by atoms with Crippen LogP contribution in [0.1, 0.15) is 72.9 Å². The van der Waals surface area contributed by atoms with Crippen LogP contribution in [-0.4, -0.2) is 214 Å². The number of aromatic hydroxyl groups is 6. The van der Waals surface area contributed by atoms with E-state index < -0.39 is 23.7 Å². The standard InChI is InChI=1S/C56H80N2O18/c1-35(2)45-41-27-37(5)47(53(61)49(41)43(51(59)55(45)63)31-57-29-39-33-73-21-19-69-13-11-65-7-9-67-15-17-71-23-25-75-39)48-38(6)28-42-46(36(3)4)56(64)52(60)44(50(42)54(48)62)32-58-30-40-34-74-22-20-70-14-12-66-8-10-68-16-18-72-24-26-76-40/h27-28,31-32,35-36,39-40,59-64H,7-26,29-30,33-34H2,1-6H3. The summed E-state index contributed by atoms with van der Waals surface area (Å²) in [6.45, 7) is 19.0. The monoisotopic (exact) mass is 1070 g/mol. The highest BCUT2D eigenvalue weighted by molar-refractivity contribution is 6.15. The molecule has 76 heavy (non-hydrogen) atoms. The number of phenolic OH excluding ortho intramolecular Hbond substituents is 6. The first-order valence-corrected chi connectivity index (χ1v) is 26.3. The zero-order valence-corrected chi connectivity index (χ0v) is 45.1. The number of nitrogens with zero attached hydrogens (tertiary/aromatic N) is 2. The molecular weight excluding hydrogens is 989 g/mol. The summed E-state index contributed by atoms with van der Waals surface area (Å²) >= 11 is 0. The van der Waals surface area contributed by atoms with Crippen LogP contribution in [0.2, 0.25) is 0 Å². The highest BCUT2D eigenvalue weighted by Gasteiger charge is 2.30. The Hall–Kier alpha value is -4.94. The highest BCUT2D eigenvalue weighted by Crippen LogP contribution is 2.54. The average molecular weight is 1070 g/mol. The molecule has 0 radical (unpaired) electrons. The number of aryl methyl sites for hydroxylation is 2. The molecule has 422 valence electrons. The Kier molecular flexibility index (Phi) is 25.0. The molecule has 20 heteroatoms. The maximum atomic E-state index is 12.7. The summed E-state index contributed by atoms with van der Waals surface area (Å²) in [6, 6.07) is 3.60. The Morgan fingerprint density at radius 1 is 0.408 bits per heavy atom. The van der Waals surface area contributed by atoms with Gasteiger partial charge in [0.05, 0.1) is 158 Å². The molecule has 2 fully saturated rings. The Morgan fingerprint density at radius 3 is 0.974 bits per heavy atom. The number of rotatable bonds is 9. The number of hydrogen-bond acceptors (Lipinski definition) is 20. The second-order valence-corrected chi connectivity index (χ2v) is 19.1. The molecule has 2 unspecified atom stereocenters. The predicted octanol–water partition coefficient (Wildman–Crippen LogP) is 6.56. The molecular formula is C56H80N2O18. The summed E-state index contributed by atoms with van der Waals surface area (Å²) < 4.78 is 68.8. The number of phenols is 6. The predicted molar refractivity (Wildman–Crippen MR) is 287 cm³/mol. The molecule has 0 amide bonds. The van der Waals surface area contributed by atoms with Crippen LogP contribution in [0.15, 0.2) is 22.1 Å². The van der Waals surface area contributed by atoms with Gasteiger partial charge in [-0.1, -0.05) is 39.8 Å². The summed E-state index contributed by atoms with van der Waals surface area (Å²) in [5, 5.41) is 73.4. The molecule has 2 heterocycles. The summed E-state index contributed by atoms with van der Waals surface area (Å²) in [5.74, 6) is -2.89. The van der Waals surface area contributed by atoms with Crippen molar-refractivity contribution < 1.29 is 87.5 Å². The number of aliphatic imine (C=N–C) groups is 2. The summed E-state index contributed by atoms with van der Waals surface area (Å²) in [6.07, 6.45) is 1.69. The van der Waals surface area contributed by atoms with Gasteiger partial charge < -0.3 is 87.5 Å². The number of hydrogen-bond donors (Lipinski definition) is 6. The Balaban J connectivity index is 1.37. The Morgan fingerprint density at radius 2 is 0.684 bits per heavy atom. The molecule has 2 aliphatic heterocycles. The van der Waals surface area contributed by atoms with Gasteiger partial charge >= 0.3 is 0 Å². The third-order valence-electron chi connectivity index (χ3n) is 12.8. The first-order valence-electron chi connectivity index (χ1n) is 26.3. The fourth-order valence-electron chi connectivity index (χ4n) is 9.19. The van der Waals surface area contributed by atoms with E-state index in [4.69, 9.17) is 56.8 Å². The molecule has 2 saturated heterocycles. The van der Waals surface area contributed by atoms with Gasteiger partial charge in [0, 0.05) is 56.6 Å². The van der Waals surface area contributed by atoms with Gasteiger partial charge in [-0.05, 0) is 47.6 Å². The molecule has 0 saturated carbocycles. The van der Waals surface area contributed by atoms with Crippen molar-refractivity contribution in [2.24, 2.45) is 9.98 Å². The lowest BCUT2D eigenvalue weighted by atomic mass is 9.83. The van der Waals surface area contributed by atoms with Crippen LogP contribution in [0.5, 0.6) is 34.5 Å². The number of ether oxygens (including phenoxy) is 12. The van der Waals surface area contributed by atoms with Gasteiger partial charge in [0.2, 0.25) is 0 Å². The quantitative estimate of drug-likeness (QED) is 0.0766. The lowest BCUT2D eigenvalue weighted by Crippen LogP contribution is -2.26. The van der Waals surface area contributed by atoms with E-state index in [0.29, 0.717) is 152 Å². The maximum absolute atomic E-state index is 12.7. The zero-order valence-electron chi connectivity index (χ0n) is 45.1. The van der Waals surface area contributed by atoms with Gasteiger partial charge in [-0.15, -0.1) is 0 Å². The van der Waals surface area contributed by atoms with Crippen LogP contribution in [0.4, 0.5) is 0 Å². The summed E-state index contributed by atoms with van der Waals surface area (Å²) in [5.41, 5.74) is 2.40. The van der Waals surface area contributed by atoms with E-state index in [0.717, 1.165) is 0 Å². The minimum absolute atomic E-state index is 0.0367. The van der Waals surface area contributed by atoms with Crippen molar-refractivity contribution in [3.8, 4) is 45.6 Å². The average Bonchev–Trinajstić information content (AvgIpc) is 3.45. The molecule has 2 atom stereocenters. The van der Waals surface area contributed by atoms with Gasteiger partial charge in [0.25, 0.3) is 0 Å². The van der Waals surface area contributed by atoms with Crippen LogP contribution >= 0.6 is 0 Å². The SMILES string of the molecule is Cc1cc2c(C(C)C)c(O)c(O)c(C=NCC3COCCOCCOCCOCCOCCO3)c2c(O)c1-c1c(C)cc2c(C(C)C)c(O)c(O)c(C=NCC3COCCOCCOCCOCCOCCO3)c2c1O. The Bertz CT molecular complexity index is 2310. The Labute approximate surface area is 445 Å². The highest BCUT2D eigenvalue weighted by atomic mass is 16.6. The van der Waals surface area contributed by atoms with Gasteiger partial charge in [0.1, 0.15) is 23.7 Å². The van der Waals surface area contributed by atoms with E-state index in [1.165, 1.54) is 12.4 Å². The number of benzene rings is 4. The van der Waals surface area contributed by atoms with E-state index in [-0.39, 0.29) is 107 Å². The minimum Gasteiger partial charge on any atom is -0.507 e. The lowest BCUT2D eigenvalue weighted by Gasteiger charge is -2.23. The maximum Gasteiger partial charge on any atom is 0.167 e. The molecule has 4 aromatic carbocycles. The van der Waals surface area contributed by atoms with Crippen molar-refractivity contribution in [2.45, 2.75) is 65.6 Å². The normalized spacial score (nSPS) is 20.3. The minimum atomic E-state index is -0.543. The van der Waals surface area contributed by atoms with Gasteiger partial charge in [-0.3, -0.25) is 9.98 Å². The molecule has 4 aromatic rings. The van der Waals surface area contributed by atoms with Gasteiger partial charge in [-0.25, -0.2) is 0 Å². The number of fused-ring (bicyclic) bond motifs is 2. The molecule has 0 bridgehead atoms. The summed E-state index contributed by atoms with van der Waals surface area (Å²) in [4.78, 5) is 9.35. The summed E-state index contributed by atoms with van der Waals surface area (Å²) in [7, 11) is 0. The second kappa shape index (κ2) is 31.5. The van der Waals surface area contributed by atoms with Crippen molar-refractivity contribution in [1.29, 1.82) is 0 Å². The van der Waals surface area contributed by atoms with E-state index >= 15 is 0 Å². The van der Waals surface area contributed by atoms with E-state index in [1.54, 1.807) is 26.0 Å². The smallest absolute Gasteiger partial charge is 0.167 e. The molecule has 6 rings (SSSR count). The van der Waals surface area contributed by atoms with Crippen molar-refractivity contribution in [3.05, 3.63) is 45.5 Å². The van der Waals surface area contributed by atoms with Crippen molar-refractivity contribution in [3.63, 3.8) is 0 Å². The second-order valence-electron chi connectivity index (χ2n) is 19.1. The van der Waals surface area contributed by atoms with E-state index in [1.807, 2.05) is 27.7 Å². The molecule has 6 N–H and O–H groups in total. The topological polar surface area (TPSA) is 257 Å². The van der Waals surface area contributed by atoms with Crippen LogP contribution < -0.4 is 0 Å². The van der Waals surface area contributed by atoms with Crippen LogP contribution in [0.25, 0.3) is 32.7 Å². The van der Waals surface area contributed by atoms with Gasteiger partial charge in [-0.2, -0.15) is 0 Å². The van der Waals surface area contributed by atoms with Crippen molar-refractivity contribution in [2.75, 3.05) is 158 Å². The third kappa shape index (κ3) is 16.5. The van der Waals surface area contributed by atoms with Crippen LogP contribution in [0, 0.1) is 13.8 Å². The molecule has 0 aliphatic carbocycles. The van der Waals surface area contributed by atoms with Crippen LogP contribution in [0.3, 0.4) is 0 Å². The first-order chi connectivity index (χ1) is 36.8. The van der Waals surface area contributed by atoms with Gasteiger partial charge in [0.15, 0.2) is 23.0 Å². The zero-order chi connectivity index (χ0) is 54.4. The van der Waals surface area contributed by atoms with Crippen LogP contribution in [-0.2, 0) is 56.8 Å². The molecule has 0 spiro atoms. The van der Waals surface area contributed by atoms with E-state index in [2.05, 4.69) is 9.98 Å². The fourth-order valence-corrected chi connectivity index (χ4v) is 9.19. The fraction of sp³-hybridized carbons (Fsp3) is 0.607. The molecule has 0 aromatic heterocycles. The first kappa shape index (κ1) is 60.3.